The molecule has 0 saturated carbocycles. The van der Waals surface area contributed by atoms with Crippen LogP contribution in [-0.4, -0.2) is 29.4 Å². The Morgan fingerprint density at radius 3 is 2.11 bits per heavy atom. The normalized spacial score (nSPS) is 23.6. The van der Waals surface area contributed by atoms with Crippen LogP contribution in [0.4, 0.5) is 10.1 Å². The maximum Gasteiger partial charge on any atom is 0.180 e. The highest BCUT2D eigenvalue weighted by Gasteiger charge is 2.71. The Balaban J connectivity index is 1.70. The van der Waals surface area contributed by atoms with Gasteiger partial charge in [-0.1, -0.05) is 87.5 Å². The molecular formula is C31H26FNO3. The van der Waals surface area contributed by atoms with Crippen LogP contribution in [0.15, 0.2) is 78.9 Å². The van der Waals surface area contributed by atoms with Gasteiger partial charge < -0.3 is 4.90 Å². The fourth-order valence-corrected chi connectivity index (χ4v) is 6.42. The summed E-state index contributed by atoms with van der Waals surface area (Å²) >= 11 is 0. The quantitative estimate of drug-likeness (QED) is 0.431. The first kappa shape index (κ1) is 22.6. The lowest BCUT2D eigenvalue weighted by atomic mass is 9.63. The Labute approximate surface area is 209 Å². The second kappa shape index (κ2) is 7.57. The third-order valence-electron chi connectivity index (χ3n) is 7.93. The number of Topliss-reactive ketones (excluding diaryl/α,β-unsaturated/α-hetero) is 3. The summed E-state index contributed by atoms with van der Waals surface area (Å²) < 4.78 is 14.2. The first-order valence-electron chi connectivity index (χ1n) is 12.2. The molecule has 5 heteroatoms. The van der Waals surface area contributed by atoms with Crippen molar-refractivity contribution < 1.29 is 18.8 Å². The minimum atomic E-state index is -1.51. The summed E-state index contributed by atoms with van der Waals surface area (Å²) in [5, 5.41) is 0. The van der Waals surface area contributed by atoms with Crippen LogP contribution in [-0.2, 0) is 4.79 Å². The molecule has 3 atom stereocenters. The van der Waals surface area contributed by atoms with Crippen LogP contribution in [0.25, 0.3) is 6.08 Å². The van der Waals surface area contributed by atoms with E-state index in [-0.39, 0.29) is 23.2 Å². The maximum absolute atomic E-state index is 14.4. The van der Waals surface area contributed by atoms with Crippen molar-refractivity contribution >= 4 is 29.1 Å². The van der Waals surface area contributed by atoms with Crippen LogP contribution in [0.2, 0.25) is 0 Å². The predicted octanol–water partition coefficient (Wildman–Crippen LogP) is 5.87. The molecule has 1 saturated heterocycles. The molecule has 4 nitrogen and oxygen atoms in total. The minimum absolute atomic E-state index is 0.0691. The number of benzene rings is 3. The monoisotopic (exact) mass is 479 g/mol. The molecule has 3 aromatic rings. The summed E-state index contributed by atoms with van der Waals surface area (Å²) in [7, 11) is 0. The Bertz CT molecular complexity index is 1430. The van der Waals surface area contributed by atoms with Gasteiger partial charge in [0.15, 0.2) is 17.3 Å². The van der Waals surface area contributed by atoms with Crippen molar-refractivity contribution in [1.29, 1.82) is 0 Å². The van der Waals surface area contributed by atoms with Crippen LogP contribution in [0.5, 0.6) is 0 Å². The summed E-state index contributed by atoms with van der Waals surface area (Å²) in [4.78, 5) is 45.0. The number of rotatable bonds is 2. The van der Waals surface area contributed by atoms with E-state index in [1.165, 1.54) is 12.1 Å². The van der Waals surface area contributed by atoms with Crippen molar-refractivity contribution in [2.24, 2.45) is 10.8 Å². The fraction of sp³-hybridized carbons (Fsp3) is 0.258. The van der Waals surface area contributed by atoms with E-state index in [1.54, 1.807) is 36.4 Å². The Kier molecular flexibility index (Phi) is 4.75. The van der Waals surface area contributed by atoms with Gasteiger partial charge in [-0.25, -0.2) is 4.39 Å². The number of carbonyl (C=O) groups is 3. The van der Waals surface area contributed by atoms with Gasteiger partial charge in [0.25, 0.3) is 0 Å². The van der Waals surface area contributed by atoms with Gasteiger partial charge in [-0.3, -0.25) is 14.4 Å². The number of nitrogens with zero attached hydrogens (tertiary/aromatic N) is 1. The second-order valence-corrected chi connectivity index (χ2v) is 10.9. The molecule has 3 aliphatic rings. The average molecular weight is 480 g/mol. The maximum atomic E-state index is 14.4. The molecule has 36 heavy (non-hydrogen) atoms. The third-order valence-corrected chi connectivity index (χ3v) is 7.93. The van der Waals surface area contributed by atoms with Gasteiger partial charge in [-0.2, -0.15) is 0 Å². The molecule has 0 aromatic heterocycles. The lowest BCUT2D eigenvalue weighted by molar-refractivity contribution is -0.127. The van der Waals surface area contributed by atoms with Crippen molar-refractivity contribution in [2.45, 2.75) is 38.8 Å². The van der Waals surface area contributed by atoms with E-state index in [0.717, 1.165) is 5.56 Å². The molecule has 0 N–H and O–H groups in total. The number of carbonyl (C=O) groups excluding carboxylic acids is 3. The summed E-state index contributed by atoms with van der Waals surface area (Å²) in [6.45, 7) is 5.57. The van der Waals surface area contributed by atoms with Crippen LogP contribution in [0.3, 0.4) is 0 Å². The topological polar surface area (TPSA) is 54.5 Å². The van der Waals surface area contributed by atoms with E-state index in [9.17, 15) is 18.8 Å². The number of fused-ring (bicyclic) bond motifs is 5. The van der Waals surface area contributed by atoms with Gasteiger partial charge in [0.1, 0.15) is 11.2 Å². The van der Waals surface area contributed by atoms with Gasteiger partial charge >= 0.3 is 0 Å². The molecule has 1 spiro atoms. The van der Waals surface area contributed by atoms with E-state index in [2.05, 4.69) is 0 Å². The van der Waals surface area contributed by atoms with Crippen LogP contribution in [0.1, 0.15) is 58.5 Å². The average Bonchev–Trinajstić information content (AvgIpc) is 3.29. The summed E-state index contributed by atoms with van der Waals surface area (Å²) in [5.41, 5.74) is 0.571. The van der Waals surface area contributed by atoms with Gasteiger partial charge in [0, 0.05) is 33.7 Å². The standard InChI is InChI=1S/C31H26FNO3/c1-30(2,3)29(36)26-25(18-9-5-4-6-10-18)31(27(34)21-11-7-8-12-22(21)28(31)35)24-16-13-19-17-20(32)14-15-23(19)33(24)26/h4-17,24-26H,1-3H3/t24-,25+,26-/m0/s1. The van der Waals surface area contributed by atoms with Crippen LogP contribution in [0, 0.1) is 16.6 Å². The number of hydrogen-bond acceptors (Lipinski definition) is 4. The Hall–Kier alpha value is -3.86. The van der Waals surface area contributed by atoms with Gasteiger partial charge in [-0.15, -0.1) is 0 Å². The SMILES string of the molecule is CC(C)(C)C(=O)[C@@H]1[C@@H](c2ccccc2)C2(C(=O)c3ccccc3C2=O)[C@@H]2C=Cc3cc(F)ccc3N12. The number of hydrogen-bond donors (Lipinski definition) is 0. The number of anilines is 1. The van der Waals surface area contributed by atoms with E-state index >= 15 is 0 Å². The number of halogens is 1. The van der Waals surface area contributed by atoms with Gasteiger partial charge in [-0.05, 0) is 23.8 Å². The molecule has 0 bridgehead atoms. The highest BCUT2D eigenvalue weighted by molar-refractivity contribution is 6.32. The Morgan fingerprint density at radius 2 is 1.50 bits per heavy atom. The molecule has 0 radical (unpaired) electrons. The zero-order valence-corrected chi connectivity index (χ0v) is 20.4. The van der Waals surface area contributed by atoms with Crippen molar-refractivity contribution in [2.75, 3.05) is 4.90 Å². The van der Waals surface area contributed by atoms with Gasteiger partial charge in [0.2, 0.25) is 0 Å². The molecule has 180 valence electrons. The highest BCUT2D eigenvalue weighted by Crippen LogP contribution is 2.61. The zero-order chi connectivity index (χ0) is 25.4. The zero-order valence-electron chi connectivity index (χ0n) is 20.4. The van der Waals surface area contributed by atoms with Crippen molar-refractivity contribution in [3.8, 4) is 0 Å². The predicted molar refractivity (Wildman–Crippen MR) is 137 cm³/mol. The Morgan fingerprint density at radius 1 is 0.889 bits per heavy atom. The minimum Gasteiger partial charge on any atom is -0.352 e. The molecule has 6 rings (SSSR count). The largest absolute Gasteiger partial charge is 0.352 e. The molecule has 3 aromatic carbocycles. The summed E-state index contributed by atoms with van der Waals surface area (Å²) in [6.07, 6.45) is 3.59. The van der Waals surface area contributed by atoms with Crippen LogP contribution < -0.4 is 4.90 Å². The first-order chi connectivity index (χ1) is 17.2. The highest BCUT2D eigenvalue weighted by atomic mass is 19.1. The summed E-state index contributed by atoms with van der Waals surface area (Å²) in [6, 6.07) is 19.3. The lowest BCUT2D eigenvalue weighted by Gasteiger charge is -2.38. The molecule has 2 heterocycles. The summed E-state index contributed by atoms with van der Waals surface area (Å²) in [5.74, 6) is -1.69. The number of ketones is 3. The van der Waals surface area contributed by atoms with Crippen molar-refractivity contribution in [3.63, 3.8) is 0 Å². The van der Waals surface area contributed by atoms with E-state index in [1.807, 2.05) is 62.1 Å². The van der Waals surface area contributed by atoms with Crippen molar-refractivity contribution in [1.82, 2.24) is 0 Å². The molecule has 0 unspecified atom stereocenters. The third kappa shape index (κ3) is 2.83. The first-order valence-corrected chi connectivity index (χ1v) is 12.2. The van der Waals surface area contributed by atoms with E-state index in [4.69, 9.17) is 0 Å². The molecule has 1 fully saturated rings. The van der Waals surface area contributed by atoms with E-state index in [0.29, 0.717) is 22.4 Å². The smallest absolute Gasteiger partial charge is 0.180 e. The fourth-order valence-electron chi connectivity index (χ4n) is 6.42. The van der Waals surface area contributed by atoms with E-state index < -0.39 is 28.8 Å². The lowest BCUT2D eigenvalue weighted by Crippen LogP contribution is -2.49. The molecule has 2 aliphatic heterocycles. The second-order valence-electron chi connectivity index (χ2n) is 10.9. The van der Waals surface area contributed by atoms with Crippen LogP contribution >= 0.6 is 0 Å². The van der Waals surface area contributed by atoms with Crippen molar-refractivity contribution in [3.05, 3.63) is 107 Å². The molecule has 1 aliphatic carbocycles. The van der Waals surface area contributed by atoms with Gasteiger partial charge in [0.05, 0.1) is 12.1 Å². The molecular weight excluding hydrogens is 453 g/mol. The molecule has 0 amide bonds.